The fourth-order valence-corrected chi connectivity index (χ4v) is 0. The molecule has 0 saturated carbocycles. The van der Waals surface area contributed by atoms with Crippen molar-refractivity contribution in [3.63, 3.8) is 0 Å². The Labute approximate surface area is 109 Å². The molecule has 11 heavy (non-hydrogen) atoms. The summed E-state index contributed by atoms with van der Waals surface area (Å²) in [4.78, 5) is 0. The van der Waals surface area contributed by atoms with Gasteiger partial charge in [0, 0.05) is 6.61 Å². The van der Waals surface area contributed by atoms with Gasteiger partial charge in [0.05, 0.1) is 0 Å². The Bertz CT molecular complexity index is 144. The Morgan fingerprint density at radius 1 is 1.27 bits per heavy atom. The van der Waals surface area contributed by atoms with E-state index in [1.165, 1.54) is 0 Å². The molecule has 0 rings (SSSR count). The maximum absolute atomic E-state index is 8.74. The molecule has 0 spiro atoms. The molecule has 3 N–H and O–H groups in total. The molecule has 0 heterocycles. The number of aliphatic hydroxyl groups excluding tert-OH is 1. The van der Waals surface area contributed by atoms with Crippen LogP contribution in [0.3, 0.4) is 0 Å². The van der Waals surface area contributed by atoms with E-state index in [9.17, 15) is 0 Å². The van der Waals surface area contributed by atoms with Gasteiger partial charge in [-0.25, -0.2) is 0 Å². The Morgan fingerprint density at radius 2 is 1.36 bits per heavy atom. The van der Waals surface area contributed by atoms with Crippen LogP contribution in [0, 0.1) is 5.92 Å². The summed E-state index contributed by atoms with van der Waals surface area (Å²) in [5, 5.41) is 8.14. The van der Waals surface area contributed by atoms with Crippen LogP contribution in [0.5, 0.6) is 0 Å². The Kier molecular flexibility index (Phi) is 15.9. The van der Waals surface area contributed by atoms with Gasteiger partial charge in [-0.3, -0.25) is 9.11 Å². The van der Waals surface area contributed by atoms with Gasteiger partial charge in [0.1, 0.15) is 0 Å². The van der Waals surface area contributed by atoms with Gasteiger partial charge in [-0.05, 0) is 5.92 Å². The Morgan fingerprint density at radius 3 is 1.36 bits per heavy atom. The summed E-state index contributed by atoms with van der Waals surface area (Å²) in [6.45, 7) is 4.25. The summed E-state index contributed by atoms with van der Waals surface area (Å²) in [5.41, 5.74) is 0. The first kappa shape index (κ1) is 18.3. The molecule has 0 radical (unpaired) electrons. The van der Waals surface area contributed by atoms with Crippen LogP contribution in [0.2, 0.25) is 0 Å². The molecular formula is C4H13KO5S. The van der Waals surface area contributed by atoms with E-state index in [0.717, 1.165) is 0 Å². The van der Waals surface area contributed by atoms with Crippen molar-refractivity contribution in [1.29, 1.82) is 0 Å². The van der Waals surface area contributed by atoms with E-state index >= 15 is 0 Å². The summed E-state index contributed by atoms with van der Waals surface area (Å²) >= 11 is 0. The van der Waals surface area contributed by atoms with E-state index in [1.807, 2.05) is 13.8 Å². The van der Waals surface area contributed by atoms with Crippen molar-refractivity contribution in [2.75, 3.05) is 6.61 Å². The van der Waals surface area contributed by atoms with Crippen molar-refractivity contribution in [2.24, 2.45) is 5.92 Å². The van der Waals surface area contributed by atoms with Crippen LogP contribution in [0.15, 0.2) is 0 Å². The molecule has 0 aliphatic carbocycles. The normalized spacial score (nSPS) is 9.64. The van der Waals surface area contributed by atoms with Gasteiger partial charge < -0.3 is 5.11 Å². The van der Waals surface area contributed by atoms with Crippen molar-refractivity contribution in [3.05, 3.63) is 0 Å². The van der Waals surface area contributed by atoms with Gasteiger partial charge in [0.2, 0.25) is 0 Å². The average Bonchev–Trinajstić information content (AvgIpc) is 1.61. The molecule has 0 aromatic rings. The van der Waals surface area contributed by atoms with Crippen LogP contribution in [0.25, 0.3) is 0 Å². The molecule has 7 heteroatoms. The molecule has 5 nitrogen and oxygen atoms in total. The molecule has 0 aromatic heterocycles. The van der Waals surface area contributed by atoms with Gasteiger partial charge in [0.25, 0.3) is 0 Å². The predicted molar refractivity (Wildman–Crippen MR) is 43.3 cm³/mol. The van der Waals surface area contributed by atoms with Crippen molar-refractivity contribution in [1.82, 2.24) is 0 Å². The molecule has 66 valence electrons. The Balaban J connectivity index is -0.000000107. The van der Waals surface area contributed by atoms with E-state index in [-0.39, 0.29) is 51.4 Å². The third-order valence-electron chi connectivity index (χ3n) is 0.365. The van der Waals surface area contributed by atoms with E-state index in [2.05, 4.69) is 0 Å². The van der Waals surface area contributed by atoms with E-state index in [0.29, 0.717) is 12.5 Å². The molecular weight excluding hydrogens is 199 g/mol. The van der Waals surface area contributed by atoms with Crippen LogP contribution in [0.1, 0.15) is 13.8 Å². The quantitative estimate of drug-likeness (QED) is 0.396. The number of aliphatic hydroxyl groups is 1. The summed E-state index contributed by atoms with van der Waals surface area (Å²) in [6.07, 6.45) is 0. The van der Waals surface area contributed by atoms with Gasteiger partial charge in [0.15, 0.2) is 0 Å². The van der Waals surface area contributed by atoms with Crippen molar-refractivity contribution in [2.45, 2.75) is 13.8 Å². The van der Waals surface area contributed by atoms with Crippen LogP contribution < -0.4 is 0 Å². The number of rotatable bonds is 1. The van der Waals surface area contributed by atoms with Crippen LogP contribution >= 0.6 is 0 Å². The van der Waals surface area contributed by atoms with E-state index < -0.39 is 10.4 Å². The first-order valence-electron chi connectivity index (χ1n) is 2.58. The van der Waals surface area contributed by atoms with Crippen molar-refractivity contribution < 1.29 is 22.6 Å². The minimum absolute atomic E-state index is 0. The topological polar surface area (TPSA) is 94.8 Å². The summed E-state index contributed by atoms with van der Waals surface area (Å²) in [5.74, 6) is 0.440. The van der Waals surface area contributed by atoms with Gasteiger partial charge in [-0.2, -0.15) is 8.42 Å². The first-order chi connectivity index (χ1) is 4.27. The van der Waals surface area contributed by atoms with Crippen LogP contribution in [0.4, 0.5) is 0 Å². The third-order valence-corrected chi connectivity index (χ3v) is 0.365. The van der Waals surface area contributed by atoms with Crippen molar-refractivity contribution >= 4 is 61.8 Å². The Hall–Kier alpha value is 1.47. The molecule has 0 aromatic carbocycles. The molecule has 0 amide bonds. The summed E-state index contributed by atoms with van der Waals surface area (Å²) < 4.78 is 31.6. The monoisotopic (exact) mass is 212 g/mol. The number of hydrogen-bond donors (Lipinski definition) is 3. The van der Waals surface area contributed by atoms with Gasteiger partial charge in [-0.15, -0.1) is 0 Å². The number of hydrogen-bond acceptors (Lipinski definition) is 3. The molecule has 0 bridgehead atoms. The minimum atomic E-state index is -4.67. The summed E-state index contributed by atoms with van der Waals surface area (Å²) in [6, 6.07) is 0. The van der Waals surface area contributed by atoms with E-state index in [4.69, 9.17) is 22.6 Å². The first-order valence-corrected chi connectivity index (χ1v) is 3.97. The molecule has 0 atom stereocenters. The molecule has 0 aliphatic heterocycles. The SMILES string of the molecule is CC(C)CO.O=S(=O)(O)O.[KH]. The van der Waals surface area contributed by atoms with Crippen molar-refractivity contribution in [3.8, 4) is 0 Å². The second kappa shape index (κ2) is 9.55. The van der Waals surface area contributed by atoms with Crippen LogP contribution in [-0.2, 0) is 10.4 Å². The standard InChI is InChI=1S/C4H10O.K.H2O4S.H/c1-4(2)3-5;;1-5(2,3)4;/h4-5H,3H2,1-2H3;;(H2,1,2,3,4);. The predicted octanol–water partition coefficient (Wildman–Crippen LogP) is -0.667. The average molecular weight is 212 g/mol. The zero-order valence-corrected chi connectivity index (χ0v) is 6.67. The molecule has 0 aliphatic rings. The zero-order valence-electron chi connectivity index (χ0n) is 5.85. The second-order valence-corrected chi connectivity index (χ2v) is 2.92. The second-order valence-electron chi connectivity index (χ2n) is 2.02. The maximum atomic E-state index is 8.74. The van der Waals surface area contributed by atoms with Gasteiger partial charge in [-0.1, -0.05) is 13.8 Å². The van der Waals surface area contributed by atoms with Gasteiger partial charge >= 0.3 is 61.8 Å². The third kappa shape index (κ3) is 85.5. The molecule has 0 fully saturated rings. The molecule has 0 saturated heterocycles. The summed E-state index contributed by atoms with van der Waals surface area (Å²) in [7, 11) is -4.67. The van der Waals surface area contributed by atoms with E-state index in [1.54, 1.807) is 0 Å². The fourth-order valence-electron chi connectivity index (χ4n) is 0. The fraction of sp³-hybridized carbons (Fsp3) is 1.00. The van der Waals surface area contributed by atoms with Crippen LogP contribution in [-0.4, -0.2) is 80.6 Å². The zero-order chi connectivity index (χ0) is 8.78. The molecule has 0 unspecified atom stereocenters.